The van der Waals surface area contributed by atoms with Crippen molar-refractivity contribution in [2.24, 2.45) is 5.73 Å². The maximum atomic E-state index is 12.0. The first kappa shape index (κ1) is 18.6. The van der Waals surface area contributed by atoms with E-state index >= 15 is 0 Å². The van der Waals surface area contributed by atoms with Crippen LogP contribution in [-0.2, 0) is 19.2 Å². The molecule has 124 valence electrons. The summed E-state index contributed by atoms with van der Waals surface area (Å²) in [7, 11) is 0. The molecule has 6 heteroatoms. The van der Waals surface area contributed by atoms with Crippen LogP contribution >= 0.6 is 0 Å². The van der Waals surface area contributed by atoms with Crippen molar-refractivity contribution in [2.75, 3.05) is 0 Å². The molecule has 0 bridgehead atoms. The van der Waals surface area contributed by atoms with E-state index in [4.69, 9.17) is 5.73 Å². The van der Waals surface area contributed by atoms with Crippen molar-refractivity contribution in [3.8, 4) is 0 Å². The standard InChI is InChI=1S/C16H26N2O4/c1-10(19)14(11(2)20)18(15(12(3)21)13(4)22)16(17)8-6-5-7-9-16/h14-15H,5-9,17H2,1-4H3. The summed E-state index contributed by atoms with van der Waals surface area (Å²) in [5.41, 5.74) is 5.49. The lowest BCUT2D eigenvalue weighted by Gasteiger charge is -2.48. The second kappa shape index (κ2) is 7.24. The first-order valence-electron chi connectivity index (χ1n) is 7.71. The highest BCUT2D eigenvalue weighted by Crippen LogP contribution is 2.33. The van der Waals surface area contributed by atoms with Crippen LogP contribution in [0.4, 0.5) is 0 Å². The van der Waals surface area contributed by atoms with Crippen molar-refractivity contribution in [1.29, 1.82) is 0 Å². The van der Waals surface area contributed by atoms with Gasteiger partial charge in [0, 0.05) is 0 Å². The Kier molecular flexibility index (Phi) is 6.14. The largest absolute Gasteiger partial charge is 0.313 e. The Hall–Kier alpha value is -1.40. The van der Waals surface area contributed by atoms with E-state index < -0.39 is 40.9 Å². The quantitative estimate of drug-likeness (QED) is 0.556. The smallest absolute Gasteiger partial charge is 0.154 e. The van der Waals surface area contributed by atoms with E-state index in [1.807, 2.05) is 0 Å². The van der Waals surface area contributed by atoms with Crippen LogP contribution in [0.3, 0.4) is 0 Å². The van der Waals surface area contributed by atoms with E-state index in [9.17, 15) is 19.2 Å². The summed E-state index contributed by atoms with van der Waals surface area (Å²) >= 11 is 0. The lowest BCUT2D eigenvalue weighted by molar-refractivity contribution is -0.148. The number of hydrogen-bond acceptors (Lipinski definition) is 6. The lowest BCUT2D eigenvalue weighted by Crippen LogP contribution is -2.69. The van der Waals surface area contributed by atoms with Crippen molar-refractivity contribution in [3.63, 3.8) is 0 Å². The van der Waals surface area contributed by atoms with Crippen LogP contribution in [0.25, 0.3) is 0 Å². The van der Waals surface area contributed by atoms with Gasteiger partial charge in [0.25, 0.3) is 0 Å². The number of hydrogen-bond donors (Lipinski definition) is 1. The topological polar surface area (TPSA) is 97.5 Å². The molecule has 0 unspecified atom stereocenters. The third-order valence-electron chi connectivity index (χ3n) is 4.33. The first-order chi connectivity index (χ1) is 10.1. The van der Waals surface area contributed by atoms with Gasteiger partial charge in [-0.05, 0) is 40.5 Å². The molecule has 1 fully saturated rings. The molecule has 0 spiro atoms. The third kappa shape index (κ3) is 3.87. The minimum Gasteiger partial charge on any atom is -0.313 e. The number of carbonyl (C=O) groups is 4. The molecule has 2 N–H and O–H groups in total. The summed E-state index contributed by atoms with van der Waals surface area (Å²) in [4.78, 5) is 49.5. The molecule has 0 atom stereocenters. The zero-order chi connectivity index (χ0) is 17.1. The van der Waals surface area contributed by atoms with Gasteiger partial charge in [0.2, 0.25) is 0 Å². The van der Waals surface area contributed by atoms with E-state index in [1.165, 1.54) is 32.6 Å². The van der Waals surface area contributed by atoms with Crippen LogP contribution in [0.15, 0.2) is 0 Å². The molecular formula is C16H26N2O4. The molecule has 0 amide bonds. The average Bonchev–Trinajstić information content (AvgIpc) is 2.37. The van der Waals surface area contributed by atoms with E-state index in [1.54, 1.807) is 0 Å². The molecule has 1 saturated carbocycles. The van der Waals surface area contributed by atoms with E-state index in [2.05, 4.69) is 0 Å². The number of Topliss-reactive ketones (excluding diaryl/α,β-unsaturated/α-hetero) is 4. The molecule has 0 aromatic rings. The highest BCUT2D eigenvalue weighted by Gasteiger charge is 2.48. The van der Waals surface area contributed by atoms with Gasteiger partial charge in [-0.2, -0.15) is 0 Å². The fourth-order valence-electron chi connectivity index (χ4n) is 3.44. The van der Waals surface area contributed by atoms with Crippen molar-refractivity contribution < 1.29 is 19.2 Å². The Balaban J connectivity index is 3.41. The monoisotopic (exact) mass is 310 g/mol. The van der Waals surface area contributed by atoms with Gasteiger partial charge in [-0.15, -0.1) is 0 Å². The van der Waals surface area contributed by atoms with Crippen LogP contribution in [0.5, 0.6) is 0 Å². The van der Waals surface area contributed by atoms with Crippen LogP contribution in [0.2, 0.25) is 0 Å². The molecule has 1 rings (SSSR count). The highest BCUT2D eigenvalue weighted by atomic mass is 16.2. The molecule has 6 nitrogen and oxygen atoms in total. The Morgan fingerprint density at radius 3 is 1.36 bits per heavy atom. The molecular weight excluding hydrogens is 284 g/mol. The lowest BCUT2D eigenvalue weighted by atomic mass is 9.84. The minimum absolute atomic E-state index is 0.393. The zero-order valence-corrected chi connectivity index (χ0v) is 13.8. The summed E-state index contributed by atoms with van der Waals surface area (Å²) in [5.74, 6) is -1.57. The SMILES string of the molecule is CC(=O)C(C(C)=O)N(C(C(C)=O)C(C)=O)C1(N)CCCCC1. The van der Waals surface area contributed by atoms with E-state index in [0.717, 1.165) is 19.3 Å². The van der Waals surface area contributed by atoms with Gasteiger partial charge in [0.15, 0.2) is 23.1 Å². The fourth-order valence-corrected chi connectivity index (χ4v) is 3.44. The van der Waals surface area contributed by atoms with Gasteiger partial charge in [-0.1, -0.05) is 19.3 Å². The summed E-state index contributed by atoms with van der Waals surface area (Å²) < 4.78 is 0. The number of nitrogens with zero attached hydrogens (tertiary/aromatic N) is 1. The second-order valence-electron chi connectivity index (χ2n) is 6.32. The van der Waals surface area contributed by atoms with Gasteiger partial charge in [0.05, 0.1) is 5.66 Å². The van der Waals surface area contributed by atoms with Crippen LogP contribution in [0, 0.1) is 0 Å². The van der Waals surface area contributed by atoms with Crippen molar-refractivity contribution in [1.82, 2.24) is 4.90 Å². The molecule has 1 aliphatic carbocycles. The first-order valence-corrected chi connectivity index (χ1v) is 7.71. The Morgan fingerprint density at radius 1 is 0.773 bits per heavy atom. The van der Waals surface area contributed by atoms with Crippen molar-refractivity contribution in [3.05, 3.63) is 0 Å². The van der Waals surface area contributed by atoms with E-state index in [-0.39, 0.29) is 0 Å². The van der Waals surface area contributed by atoms with Crippen LogP contribution in [-0.4, -0.2) is 45.8 Å². The third-order valence-corrected chi connectivity index (χ3v) is 4.33. The number of nitrogens with two attached hydrogens (primary N) is 1. The van der Waals surface area contributed by atoms with Gasteiger partial charge in [0.1, 0.15) is 12.1 Å². The second-order valence-corrected chi connectivity index (χ2v) is 6.32. The van der Waals surface area contributed by atoms with Crippen molar-refractivity contribution in [2.45, 2.75) is 77.5 Å². The Morgan fingerprint density at radius 2 is 1.09 bits per heavy atom. The van der Waals surface area contributed by atoms with Crippen LogP contribution < -0.4 is 5.73 Å². The molecule has 0 heterocycles. The maximum Gasteiger partial charge on any atom is 0.154 e. The number of ketones is 4. The van der Waals surface area contributed by atoms with Crippen LogP contribution in [0.1, 0.15) is 59.8 Å². The normalized spacial score (nSPS) is 17.8. The molecule has 22 heavy (non-hydrogen) atoms. The van der Waals surface area contributed by atoms with Gasteiger partial charge in [-0.25, -0.2) is 0 Å². The number of carbonyl (C=O) groups excluding carboxylic acids is 4. The zero-order valence-electron chi connectivity index (χ0n) is 13.8. The van der Waals surface area contributed by atoms with Crippen molar-refractivity contribution >= 4 is 23.1 Å². The van der Waals surface area contributed by atoms with E-state index in [0.29, 0.717) is 12.8 Å². The van der Waals surface area contributed by atoms with Gasteiger partial charge >= 0.3 is 0 Å². The van der Waals surface area contributed by atoms with Gasteiger partial charge < -0.3 is 5.73 Å². The average molecular weight is 310 g/mol. The predicted molar refractivity (Wildman–Crippen MR) is 82.1 cm³/mol. The Labute approximate surface area is 131 Å². The summed E-state index contributed by atoms with van der Waals surface area (Å²) in [5, 5.41) is 0. The summed E-state index contributed by atoms with van der Waals surface area (Å²) in [6.45, 7) is 5.18. The molecule has 0 saturated heterocycles. The molecule has 1 aliphatic rings. The van der Waals surface area contributed by atoms with Gasteiger partial charge in [-0.3, -0.25) is 24.1 Å². The number of rotatable bonds is 7. The minimum atomic E-state index is -1.15. The maximum absolute atomic E-state index is 12.0. The predicted octanol–water partition coefficient (Wildman–Crippen LogP) is 1.00. The highest BCUT2D eigenvalue weighted by molar-refractivity contribution is 6.09. The summed E-state index contributed by atoms with van der Waals surface area (Å²) in [6.07, 6.45) is 3.82. The molecule has 0 aliphatic heterocycles. The fraction of sp³-hybridized carbons (Fsp3) is 0.750. The Bertz CT molecular complexity index is 421. The molecule has 0 radical (unpaired) electrons. The molecule has 0 aromatic carbocycles. The summed E-state index contributed by atoms with van der Waals surface area (Å²) in [6, 6.07) is -2.30. The molecule has 0 aromatic heterocycles.